The Kier molecular flexibility index (Phi) is 2.69. The van der Waals surface area contributed by atoms with Gasteiger partial charge in [-0.25, -0.2) is 4.63 Å². The molecule has 0 aliphatic heterocycles. The number of anilines is 1. The number of fused-ring (bicyclic) bond motifs is 1. The summed E-state index contributed by atoms with van der Waals surface area (Å²) in [4.78, 5) is 21.0. The van der Waals surface area contributed by atoms with E-state index in [1.54, 1.807) is 0 Å². The number of hydrogen-bond acceptors (Lipinski definition) is 7. The van der Waals surface area contributed by atoms with Gasteiger partial charge in [-0.2, -0.15) is 0 Å². The molecule has 1 N–H and O–H groups in total. The van der Waals surface area contributed by atoms with E-state index in [0.717, 1.165) is 0 Å². The van der Waals surface area contributed by atoms with Crippen LogP contribution in [0.4, 0.5) is 11.4 Å². The van der Waals surface area contributed by atoms with Crippen molar-refractivity contribution in [2.75, 3.05) is 11.9 Å². The number of nitrogens with one attached hydrogen (secondary N) is 1. The average molecular weight is 236 g/mol. The molecule has 0 saturated carbocycles. The van der Waals surface area contributed by atoms with Crippen LogP contribution in [0.15, 0.2) is 16.8 Å². The molecule has 0 aliphatic rings. The molecule has 2 aromatic rings. The standard InChI is InChI=1S/C9H8N4O4/c1-5(14)4-10-6-2-3-7(13(15)16)9-8(6)11-17-12-9/h2-3,10H,4H2,1H3. The molecule has 17 heavy (non-hydrogen) atoms. The van der Waals surface area contributed by atoms with E-state index in [1.165, 1.54) is 19.1 Å². The van der Waals surface area contributed by atoms with Crippen molar-refractivity contribution in [1.82, 2.24) is 10.3 Å². The molecule has 0 bridgehead atoms. The molecule has 88 valence electrons. The summed E-state index contributed by atoms with van der Waals surface area (Å²) >= 11 is 0. The van der Waals surface area contributed by atoms with E-state index >= 15 is 0 Å². The van der Waals surface area contributed by atoms with Crippen LogP contribution in [-0.4, -0.2) is 27.6 Å². The first-order valence-electron chi connectivity index (χ1n) is 4.72. The first kappa shape index (κ1) is 11.0. The molecule has 0 fully saturated rings. The van der Waals surface area contributed by atoms with Gasteiger partial charge in [0.15, 0.2) is 5.52 Å². The number of carbonyl (C=O) groups excluding carboxylic acids is 1. The zero-order chi connectivity index (χ0) is 12.4. The Bertz CT molecular complexity index is 592. The van der Waals surface area contributed by atoms with Crippen LogP contribution in [0.25, 0.3) is 11.0 Å². The van der Waals surface area contributed by atoms with Crippen molar-refractivity contribution in [3.8, 4) is 0 Å². The van der Waals surface area contributed by atoms with Gasteiger partial charge in [0.2, 0.25) is 5.52 Å². The van der Waals surface area contributed by atoms with E-state index in [4.69, 9.17) is 0 Å². The minimum absolute atomic E-state index is 0.0588. The summed E-state index contributed by atoms with van der Waals surface area (Å²) in [7, 11) is 0. The quantitative estimate of drug-likeness (QED) is 0.625. The maximum atomic E-state index is 10.8. The van der Waals surface area contributed by atoms with Crippen LogP contribution in [0.3, 0.4) is 0 Å². The van der Waals surface area contributed by atoms with Gasteiger partial charge in [-0.15, -0.1) is 0 Å². The lowest BCUT2D eigenvalue weighted by molar-refractivity contribution is -0.383. The number of nitro groups is 1. The van der Waals surface area contributed by atoms with Gasteiger partial charge in [0.1, 0.15) is 5.78 Å². The van der Waals surface area contributed by atoms with Gasteiger partial charge < -0.3 is 5.32 Å². The highest BCUT2D eigenvalue weighted by atomic mass is 16.6. The van der Waals surface area contributed by atoms with E-state index in [9.17, 15) is 14.9 Å². The lowest BCUT2D eigenvalue weighted by Crippen LogP contribution is -2.10. The van der Waals surface area contributed by atoms with Gasteiger partial charge in [0.05, 0.1) is 17.2 Å². The first-order valence-corrected chi connectivity index (χ1v) is 4.72. The van der Waals surface area contributed by atoms with E-state index in [0.29, 0.717) is 5.69 Å². The smallest absolute Gasteiger partial charge is 0.300 e. The topological polar surface area (TPSA) is 111 Å². The third-order valence-electron chi connectivity index (χ3n) is 2.12. The Hall–Kier alpha value is -2.51. The van der Waals surface area contributed by atoms with Crippen molar-refractivity contribution in [3.05, 3.63) is 22.2 Å². The second kappa shape index (κ2) is 4.16. The minimum Gasteiger partial charge on any atom is -0.376 e. The summed E-state index contributed by atoms with van der Waals surface area (Å²) in [6.45, 7) is 1.54. The number of nitro benzene ring substituents is 1. The van der Waals surface area contributed by atoms with Crippen molar-refractivity contribution in [2.24, 2.45) is 0 Å². The highest BCUT2D eigenvalue weighted by Crippen LogP contribution is 2.28. The van der Waals surface area contributed by atoms with Crippen LogP contribution >= 0.6 is 0 Å². The molecule has 0 atom stereocenters. The Balaban J connectivity index is 2.46. The summed E-state index contributed by atoms with van der Waals surface area (Å²) in [5, 5.41) is 20.6. The molecule has 0 spiro atoms. The third kappa shape index (κ3) is 2.05. The number of aromatic nitrogens is 2. The molecule has 0 unspecified atom stereocenters. The predicted octanol–water partition coefficient (Wildman–Crippen LogP) is 1.13. The molecule has 8 heteroatoms. The molecular weight excluding hydrogens is 228 g/mol. The molecule has 0 aliphatic carbocycles. The summed E-state index contributed by atoms with van der Waals surface area (Å²) in [6, 6.07) is 2.75. The number of ketones is 1. The molecule has 1 aromatic heterocycles. The van der Waals surface area contributed by atoms with Crippen molar-refractivity contribution in [1.29, 1.82) is 0 Å². The van der Waals surface area contributed by atoms with Crippen molar-refractivity contribution in [3.63, 3.8) is 0 Å². The van der Waals surface area contributed by atoms with Gasteiger partial charge in [0, 0.05) is 6.07 Å². The summed E-state index contributed by atoms with van der Waals surface area (Å²) in [5.74, 6) is -0.0621. The maximum absolute atomic E-state index is 10.8. The van der Waals surface area contributed by atoms with Crippen LogP contribution in [0.1, 0.15) is 6.92 Å². The fourth-order valence-electron chi connectivity index (χ4n) is 1.36. The lowest BCUT2D eigenvalue weighted by Gasteiger charge is -2.03. The predicted molar refractivity (Wildman–Crippen MR) is 57.6 cm³/mol. The molecule has 0 saturated heterocycles. The molecule has 1 heterocycles. The summed E-state index contributed by atoms with van der Waals surface area (Å²) in [5.41, 5.74) is 0.584. The third-order valence-corrected chi connectivity index (χ3v) is 2.12. The van der Waals surface area contributed by atoms with Gasteiger partial charge in [-0.1, -0.05) is 0 Å². The second-order valence-electron chi connectivity index (χ2n) is 3.41. The molecule has 0 radical (unpaired) electrons. The monoisotopic (exact) mass is 236 g/mol. The summed E-state index contributed by atoms with van der Waals surface area (Å²) < 4.78 is 4.47. The number of Topliss-reactive ketones (excluding diaryl/α,β-unsaturated/α-hetero) is 1. The average Bonchev–Trinajstić information content (AvgIpc) is 2.73. The number of benzene rings is 1. The van der Waals surface area contributed by atoms with Crippen molar-refractivity contribution in [2.45, 2.75) is 6.92 Å². The number of nitrogens with zero attached hydrogens (tertiary/aromatic N) is 3. The SMILES string of the molecule is CC(=O)CNc1ccc([N+](=O)[O-])c2nonc12. The normalized spacial score (nSPS) is 10.4. The molecule has 8 nitrogen and oxygen atoms in total. The minimum atomic E-state index is -0.568. The number of rotatable bonds is 4. The molecule has 0 amide bonds. The zero-order valence-corrected chi connectivity index (χ0v) is 8.84. The Labute approximate surface area is 94.7 Å². The Morgan fingerprint density at radius 1 is 1.47 bits per heavy atom. The largest absolute Gasteiger partial charge is 0.376 e. The fourth-order valence-corrected chi connectivity index (χ4v) is 1.36. The second-order valence-corrected chi connectivity index (χ2v) is 3.41. The molecular formula is C9H8N4O4. The summed E-state index contributed by atoms with van der Waals surface area (Å²) in [6.07, 6.45) is 0. The lowest BCUT2D eigenvalue weighted by atomic mass is 10.2. The van der Waals surface area contributed by atoms with E-state index < -0.39 is 4.92 Å². The Morgan fingerprint density at radius 2 is 2.18 bits per heavy atom. The molecule has 2 rings (SSSR count). The fraction of sp³-hybridized carbons (Fsp3) is 0.222. The highest BCUT2D eigenvalue weighted by Gasteiger charge is 2.19. The number of non-ortho nitro benzene ring substituents is 1. The zero-order valence-electron chi connectivity index (χ0n) is 8.84. The Morgan fingerprint density at radius 3 is 2.82 bits per heavy atom. The van der Waals surface area contributed by atoms with Crippen LogP contribution in [0, 0.1) is 10.1 Å². The number of hydrogen-bond donors (Lipinski definition) is 1. The van der Waals surface area contributed by atoms with Crippen molar-refractivity contribution >= 4 is 28.2 Å². The van der Waals surface area contributed by atoms with Gasteiger partial charge in [-0.05, 0) is 23.3 Å². The van der Waals surface area contributed by atoms with E-state index in [1.807, 2.05) is 0 Å². The number of carbonyl (C=O) groups is 1. The van der Waals surface area contributed by atoms with Crippen LogP contribution in [-0.2, 0) is 4.79 Å². The van der Waals surface area contributed by atoms with Gasteiger partial charge in [0.25, 0.3) is 0 Å². The van der Waals surface area contributed by atoms with E-state index in [-0.39, 0.29) is 29.0 Å². The molecule has 1 aromatic carbocycles. The van der Waals surface area contributed by atoms with Gasteiger partial charge >= 0.3 is 5.69 Å². The van der Waals surface area contributed by atoms with Gasteiger partial charge in [-0.3, -0.25) is 14.9 Å². The van der Waals surface area contributed by atoms with E-state index in [2.05, 4.69) is 20.3 Å². The van der Waals surface area contributed by atoms with Crippen LogP contribution < -0.4 is 5.32 Å². The van der Waals surface area contributed by atoms with Crippen molar-refractivity contribution < 1.29 is 14.3 Å². The van der Waals surface area contributed by atoms with Crippen LogP contribution in [0.5, 0.6) is 0 Å². The first-order chi connectivity index (χ1) is 8.09. The van der Waals surface area contributed by atoms with Crippen LogP contribution in [0.2, 0.25) is 0 Å². The maximum Gasteiger partial charge on any atom is 0.300 e. The highest BCUT2D eigenvalue weighted by molar-refractivity contribution is 5.94.